The van der Waals surface area contributed by atoms with Gasteiger partial charge in [0, 0.05) is 4.88 Å². The highest BCUT2D eigenvalue weighted by molar-refractivity contribution is 7.10. The lowest BCUT2D eigenvalue weighted by Gasteiger charge is -2.13. The van der Waals surface area contributed by atoms with Crippen LogP contribution in [0.25, 0.3) is 0 Å². The molecule has 1 atom stereocenters. The van der Waals surface area contributed by atoms with Crippen molar-refractivity contribution in [3.63, 3.8) is 0 Å². The zero-order valence-corrected chi connectivity index (χ0v) is 12.5. The van der Waals surface area contributed by atoms with Gasteiger partial charge in [0.15, 0.2) is 6.61 Å². The fraction of sp³-hybridized carbons (Fsp3) is 0.267. The molecule has 22 heavy (non-hydrogen) atoms. The third kappa shape index (κ3) is 4.49. The van der Waals surface area contributed by atoms with Gasteiger partial charge in [0.25, 0.3) is 5.91 Å². The minimum Gasteiger partial charge on any atom is -0.484 e. The van der Waals surface area contributed by atoms with Crippen LogP contribution in [0.2, 0.25) is 0 Å². The van der Waals surface area contributed by atoms with Crippen LogP contribution in [0.4, 0.5) is 13.2 Å². The fourth-order valence-corrected chi connectivity index (χ4v) is 2.52. The van der Waals surface area contributed by atoms with Gasteiger partial charge in [0.2, 0.25) is 0 Å². The molecule has 1 aromatic carbocycles. The number of thiophene rings is 1. The Hall–Kier alpha value is -2.02. The van der Waals surface area contributed by atoms with Gasteiger partial charge >= 0.3 is 6.18 Å². The van der Waals surface area contributed by atoms with Gasteiger partial charge in [-0.25, -0.2) is 0 Å². The third-order valence-electron chi connectivity index (χ3n) is 2.90. The summed E-state index contributed by atoms with van der Waals surface area (Å²) in [5, 5.41) is 4.67. The second-order valence-corrected chi connectivity index (χ2v) is 5.59. The minimum absolute atomic E-state index is 0.135. The Morgan fingerprint density at radius 1 is 1.27 bits per heavy atom. The number of rotatable bonds is 5. The molecule has 0 fully saturated rings. The number of ether oxygens (including phenoxy) is 1. The second kappa shape index (κ2) is 6.83. The number of alkyl halides is 3. The van der Waals surface area contributed by atoms with E-state index >= 15 is 0 Å². The smallest absolute Gasteiger partial charge is 0.416 e. The normalized spacial score (nSPS) is 12.7. The van der Waals surface area contributed by atoms with Crippen LogP contribution in [0.1, 0.15) is 23.4 Å². The van der Waals surface area contributed by atoms with Crippen molar-refractivity contribution in [1.29, 1.82) is 0 Å². The molecule has 0 saturated carbocycles. The minimum atomic E-state index is -4.38. The number of carbonyl (C=O) groups is 1. The van der Waals surface area contributed by atoms with Gasteiger partial charge in [-0.15, -0.1) is 11.3 Å². The average Bonchev–Trinajstić information content (AvgIpc) is 2.99. The van der Waals surface area contributed by atoms with Crippen LogP contribution < -0.4 is 10.1 Å². The molecule has 0 spiro atoms. The summed E-state index contributed by atoms with van der Waals surface area (Å²) in [6.45, 7) is 1.60. The predicted molar refractivity (Wildman–Crippen MR) is 77.8 cm³/mol. The van der Waals surface area contributed by atoms with E-state index in [1.54, 1.807) is 0 Å². The SMILES string of the molecule is C[C@@H](NC(=O)COc1ccc(C(F)(F)F)cc1)c1cccs1. The van der Waals surface area contributed by atoms with E-state index in [0.29, 0.717) is 0 Å². The van der Waals surface area contributed by atoms with Crippen LogP contribution >= 0.6 is 11.3 Å². The molecule has 0 aliphatic carbocycles. The third-order valence-corrected chi connectivity index (χ3v) is 3.95. The molecule has 0 saturated heterocycles. The molecule has 0 radical (unpaired) electrons. The quantitative estimate of drug-likeness (QED) is 0.900. The first-order valence-corrected chi connectivity index (χ1v) is 7.37. The number of benzene rings is 1. The average molecular weight is 329 g/mol. The summed E-state index contributed by atoms with van der Waals surface area (Å²) in [6, 6.07) is 7.89. The van der Waals surface area contributed by atoms with Gasteiger partial charge in [0.05, 0.1) is 11.6 Å². The molecule has 0 aliphatic heterocycles. The summed E-state index contributed by atoms with van der Waals surface area (Å²) in [5.41, 5.74) is -0.754. The number of carbonyl (C=O) groups excluding carboxylic acids is 1. The monoisotopic (exact) mass is 329 g/mol. The molecule has 0 bridgehead atoms. The first kappa shape index (κ1) is 16.4. The van der Waals surface area contributed by atoms with E-state index in [1.165, 1.54) is 23.5 Å². The molecular weight excluding hydrogens is 315 g/mol. The van der Waals surface area contributed by atoms with E-state index in [1.807, 2.05) is 24.4 Å². The van der Waals surface area contributed by atoms with Crippen molar-refractivity contribution in [1.82, 2.24) is 5.32 Å². The van der Waals surface area contributed by atoms with Crippen molar-refractivity contribution >= 4 is 17.2 Å². The van der Waals surface area contributed by atoms with E-state index < -0.39 is 11.7 Å². The number of hydrogen-bond donors (Lipinski definition) is 1. The fourth-order valence-electron chi connectivity index (χ4n) is 1.78. The first-order valence-electron chi connectivity index (χ1n) is 6.49. The van der Waals surface area contributed by atoms with Crippen molar-refractivity contribution in [2.45, 2.75) is 19.1 Å². The first-order chi connectivity index (χ1) is 10.4. The standard InChI is InChI=1S/C15H14F3NO2S/c1-10(13-3-2-8-22-13)19-14(20)9-21-12-6-4-11(5-7-12)15(16,17)18/h2-8,10H,9H2,1H3,(H,19,20)/t10-/m1/s1. The molecule has 1 N–H and O–H groups in total. The Morgan fingerprint density at radius 2 is 1.95 bits per heavy atom. The molecule has 1 aromatic heterocycles. The largest absolute Gasteiger partial charge is 0.484 e. The Balaban J connectivity index is 1.83. The topological polar surface area (TPSA) is 38.3 Å². The highest BCUT2D eigenvalue weighted by Gasteiger charge is 2.30. The molecule has 0 unspecified atom stereocenters. The molecule has 7 heteroatoms. The Kier molecular flexibility index (Phi) is 5.07. The van der Waals surface area contributed by atoms with Crippen molar-refractivity contribution < 1.29 is 22.7 Å². The summed E-state index contributed by atoms with van der Waals surface area (Å²) >= 11 is 1.53. The van der Waals surface area contributed by atoms with Crippen molar-refractivity contribution in [2.75, 3.05) is 6.61 Å². The Labute approximate surface area is 129 Å². The molecule has 2 rings (SSSR count). The summed E-state index contributed by atoms with van der Waals surface area (Å²) in [4.78, 5) is 12.8. The van der Waals surface area contributed by atoms with Crippen LogP contribution in [-0.4, -0.2) is 12.5 Å². The van der Waals surface area contributed by atoms with Crippen LogP contribution in [-0.2, 0) is 11.0 Å². The van der Waals surface area contributed by atoms with Gasteiger partial charge in [-0.1, -0.05) is 6.07 Å². The van der Waals surface area contributed by atoms with Crippen LogP contribution in [0, 0.1) is 0 Å². The molecular formula is C15H14F3NO2S. The predicted octanol–water partition coefficient (Wildman–Crippen LogP) is 4.02. The van der Waals surface area contributed by atoms with E-state index in [4.69, 9.17) is 4.74 Å². The second-order valence-electron chi connectivity index (χ2n) is 4.62. The van der Waals surface area contributed by atoms with E-state index in [-0.39, 0.29) is 24.3 Å². The molecule has 118 valence electrons. The van der Waals surface area contributed by atoms with Crippen molar-refractivity contribution in [3.8, 4) is 5.75 Å². The number of halogens is 3. The maximum absolute atomic E-state index is 12.4. The molecule has 2 aromatic rings. The van der Waals surface area contributed by atoms with Crippen molar-refractivity contribution in [3.05, 3.63) is 52.2 Å². The van der Waals surface area contributed by atoms with Gasteiger partial charge in [0.1, 0.15) is 5.75 Å². The molecule has 0 aliphatic rings. The number of nitrogens with one attached hydrogen (secondary N) is 1. The van der Waals surface area contributed by atoms with Crippen LogP contribution in [0.3, 0.4) is 0 Å². The van der Waals surface area contributed by atoms with Gasteiger partial charge < -0.3 is 10.1 Å². The van der Waals surface area contributed by atoms with Gasteiger partial charge in [-0.2, -0.15) is 13.2 Å². The number of hydrogen-bond acceptors (Lipinski definition) is 3. The van der Waals surface area contributed by atoms with Crippen LogP contribution in [0.15, 0.2) is 41.8 Å². The zero-order valence-electron chi connectivity index (χ0n) is 11.7. The van der Waals surface area contributed by atoms with E-state index in [2.05, 4.69) is 5.32 Å². The lowest BCUT2D eigenvalue weighted by molar-refractivity contribution is -0.137. The summed E-state index contributed by atoms with van der Waals surface area (Å²) in [7, 11) is 0. The Bertz CT molecular complexity index is 609. The molecule has 1 amide bonds. The molecule has 3 nitrogen and oxygen atoms in total. The summed E-state index contributed by atoms with van der Waals surface area (Å²) < 4.78 is 42.4. The summed E-state index contributed by atoms with van der Waals surface area (Å²) in [5.74, 6) is -0.118. The van der Waals surface area contributed by atoms with Gasteiger partial charge in [-0.05, 0) is 42.6 Å². The maximum atomic E-state index is 12.4. The van der Waals surface area contributed by atoms with Crippen LogP contribution in [0.5, 0.6) is 5.75 Å². The highest BCUT2D eigenvalue weighted by Crippen LogP contribution is 2.30. The van der Waals surface area contributed by atoms with E-state index in [0.717, 1.165) is 17.0 Å². The summed E-state index contributed by atoms with van der Waals surface area (Å²) in [6.07, 6.45) is -4.38. The van der Waals surface area contributed by atoms with Crippen molar-refractivity contribution in [2.24, 2.45) is 0 Å². The van der Waals surface area contributed by atoms with Gasteiger partial charge in [-0.3, -0.25) is 4.79 Å². The lowest BCUT2D eigenvalue weighted by atomic mass is 10.2. The zero-order chi connectivity index (χ0) is 16.2. The highest BCUT2D eigenvalue weighted by atomic mass is 32.1. The maximum Gasteiger partial charge on any atom is 0.416 e. The van der Waals surface area contributed by atoms with E-state index in [9.17, 15) is 18.0 Å². The number of amides is 1. The Morgan fingerprint density at radius 3 is 2.50 bits per heavy atom. The molecule has 1 heterocycles. The lowest BCUT2D eigenvalue weighted by Crippen LogP contribution is -2.30.